The molecule has 2 aromatic rings. The van der Waals surface area contributed by atoms with Crippen LogP contribution in [0.2, 0.25) is 0 Å². The van der Waals surface area contributed by atoms with E-state index >= 15 is 0 Å². The lowest BCUT2D eigenvalue weighted by Gasteiger charge is -2.23. The molecule has 0 radical (unpaired) electrons. The number of fused-ring (bicyclic) bond motifs is 3. The van der Waals surface area contributed by atoms with Crippen LogP contribution in [0.25, 0.3) is 10.8 Å². The second kappa shape index (κ2) is 8.86. The number of unbranched alkanes of at least 4 members (excludes halogenated alkanes) is 2. The summed E-state index contributed by atoms with van der Waals surface area (Å²) >= 11 is 0. The Balaban J connectivity index is 1.94. The first-order valence-electron chi connectivity index (χ1n) is 10.4. The van der Waals surface area contributed by atoms with Crippen LogP contribution < -0.4 is 0 Å². The quantitative estimate of drug-likeness (QED) is 0.327. The van der Waals surface area contributed by atoms with Crippen molar-refractivity contribution in [2.45, 2.75) is 57.8 Å². The second-order valence-corrected chi connectivity index (χ2v) is 9.92. The summed E-state index contributed by atoms with van der Waals surface area (Å²) in [7, 11) is -3.99. The Labute approximate surface area is 178 Å². The number of aliphatic carboxylic acids is 1. The molecule has 1 aliphatic rings. The van der Waals surface area contributed by atoms with Crippen LogP contribution >= 0.6 is 0 Å². The van der Waals surface area contributed by atoms with Crippen LogP contribution in [0, 0.1) is 0 Å². The minimum atomic E-state index is -3.99. The fourth-order valence-corrected chi connectivity index (χ4v) is 5.15. The summed E-state index contributed by atoms with van der Waals surface area (Å²) in [5, 5.41) is 11.2. The molecule has 162 valence electrons. The second-order valence-electron chi connectivity index (χ2n) is 8.34. The van der Waals surface area contributed by atoms with Gasteiger partial charge in [-0.05, 0) is 36.6 Å². The molecule has 0 saturated heterocycles. The monoisotopic (exact) mass is 432 g/mol. The minimum absolute atomic E-state index is 0.195. The lowest BCUT2D eigenvalue weighted by Crippen LogP contribution is -2.31. The summed E-state index contributed by atoms with van der Waals surface area (Å²) in [4.78, 5) is 10.8. The van der Waals surface area contributed by atoms with Crippen molar-refractivity contribution in [1.82, 2.24) is 0 Å². The van der Waals surface area contributed by atoms with E-state index in [-0.39, 0.29) is 17.6 Å². The van der Waals surface area contributed by atoms with Gasteiger partial charge in [0.05, 0.1) is 11.2 Å². The number of rotatable bonds is 10. The van der Waals surface area contributed by atoms with Crippen LogP contribution in [-0.4, -0.2) is 46.6 Å². The van der Waals surface area contributed by atoms with E-state index in [2.05, 4.69) is 42.7 Å². The van der Waals surface area contributed by atoms with Crippen LogP contribution in [0.4, 0.5) is 5.69 Å². The third kappa shape index (κ3) is 4.73. The fourth-order valence-electron chi connectivity index (χ4n) is 4.65. The van der Waals surface area contributed by atoms with E-state index in [1.165, 1.54) is 22.0 Å². The highest BCUT2D eigenvalue weighted by Gasteiger charge is 2.46. The molecule has 2 N–H and O–H groups in total. The first kappa shape index (κ1) is 22.4. The van der Waals surface area contributed by atoms with Crippen molar-refractivity contribution >= 4 is 38.3 Å². The molecule has 1 heterocycles. The molecule has 1 aliphatic heterocycles. The van der Waals surface area contributed by atoms with Gasteiger partial charge in [0.2, 0.25) is 5.69 Å². The van der Waals surface area contributed by atoms with Crippen molar-refractivity contribution in [3.8, 4) is 0 Å². The lowest BCUT2D eigenvalue weighted by atomic mass is 9.74. The summed E-state index contributed by atoms with van der Waals surface area (Å²) in [6, 6.07) is 12.5. The number of hydrogen-bond acceptors (Lipinski definition) is 3. The van der Waals surface area contributed by atoms with E-state index < -0.39 is 16.1 Å². The molecule has 6 nitrogen and oxygen atoms in total. The molecule has 7 heteroatoms. The Morgan fingerprint density at radius 1 is 1.07 bits per heavy atom. The molecule has 1 atom stereocenters. The van der Waals surface area contributed by atoms with Gasteiger partial charge in [-0.1, -0.05) is 37.1 Å². The van der Waals surface area contributed by atoms with Crippen molar-refractivity contribution in [2.24, 2.45) is 0 Å². The molecule has 0 amide bonds. The highest BCUT2D eigenvalue weighted by molar-refractivity contribution is 7.85. The zero-order chi connectivity index (χ0) is 21.9. The van der Waals surface area contributed by atoms with Crippen molar-refractivity contribution in [1.29, 1.82) is 0 Å². The van der Waals surface area contributed by atoms with Crippen molar-refractivity contribution < 1.29 is 27.4 Å². The summed E-state index contributed by atoms with van der Waals surface area (Å²) in [5.41, 5.74) is 3.30. The lowest BCUT2D eigenvalue weighted by molar-refractivity contribution is -0.438. The molecule has 0 aromatic heterocycles. The molecular weight excluding hydrogens is 402 g/mol. The van der Waals surface area contributed by atoms with E-state index in [0.717, 1.165) is 24.9 Å². The predicted molar refractivity (Wildman–Crippen MR) is 119 cm³/mol. The van der Waals surface area contributed by atoms with Crippen molar-refractivity contribution in [3.05, 3.63) is 42.0 Å². The largest absolute Gasteiger partial charge is 0.481 e. The van der Waals surface area contributed by atoms with Gasteiger partial charge in [0.25, 0.3) is 10.1 Å². The number of carbonyl (C=O) groups is 1. The average Bonchev–Trinajstić information content (AvgIpc) is 2.89. The van der Waals surface area contributed by atoms with Gasteiger partial charge in [-0.2, -0.15) is 13.0 Å². The fraction of sp³-hybridized carbons (Fsp3) is 0.478. The summed E-state index contributed by atoms with van der Waals surface area (Å²) in [6.45, 7) is 4.85. The van der Waals surface area contributed by atoms with Gasteiger partial charge in [-0.15, -0.1) is 0 Å². The molecule has 0 spiro atoms. The topological polar surface area (TPSA) is 94.7 Å². The maximum absolute atomic E-state index is 11.2. The molecule has 2 aromatic carbocycles. The zero-order valence-electron chi connectivity index (χ0n) is 17.6. The third-order valence-electron chi connectivity index (χ3n) is 6.30. The van der Waals surface area contributed by atoms with E-state index in [0.29, 0.717) is 19.4 Å². The Bertz CT molecular complexity index is 1090. The van der Waals surface area contributed by atoms with Gasteiger partial charge < -0.3 is 5.11 Å². The predicted octanol–water partition coefficient (Wildman–Crippen LogP) is 4.53. The number of benzene rings is 2. The standard InChI is InChI=1S/C23H29NO5S/c1-17-23(2,14-7-3-4-11-21(25)26)22-19-10-6-5-9-18(19)12-13-20(22)24(17)15-8-16-30(27,28)29/h5-6,9-10,12-13H,3-4,7-8,11,14-16H2,1-2H3,(H-,25,26,27,28,29)/p+1. The van der Waals surface area contributed by atoms with Crippen LogP contribution in [0.1, 0.15) is 57.9 Å². The Morgan fingerprint density at radius 2 is 1.80 bits per heavy atom. The SMILES string of the molecule is CC1=[N+](CCCS(=O)(=O)O)c2ccc3ccccc3c2C1(C)CCCCCC(=O)O. The first-order valence-corrected chi connectivity index (χ1v) is 12.1. The van der Waals surface area contributed by atoms with Gasteiger partial charge in [0.1, 0.15) is 6.54 Å². The van der Waals surface area contributed by atoms with Crippen LogP contribution in [0.3, 0.4) is 0 Å². The van der Waals surface area contributed by atoms with Gasteiger partial charge in [0.15, 0.2) is 5.71 Å². The normalized spacial score (nSPS) is 18.8. The molecule has 30 heavy (non-hydrogen) atoms. The third-order valence-corrected chi connectivity index (χ3v) is 7.11. The Kier molecular flexibility index (Phi) is 6.62. The summed E-state index contributed by atoms with van der Waals surface area (Å²) < 4.78 is 33.6. The number of nitrogens with zero attached hydrogens (tertiary/aromatic N) is 1. The summed E-state index contributed by atoms with van der Waals surface area (Å²) in [6.07, 6.45) is 3.89. The van der Waals surface area contributed by atoms with Crippen LogP contribution in [0.15, 0.2) is 36.4 Å². The molecule has 1 unspecified atom stereocenters. The van der Waals surface area contributed by atoms with Crippen molar-refractivity contribution in [3.63, 3.8) is 0 Å². The van der Waals surface area contributed by atoms with Crippen LogP contribution in [0.5, 0.6) is 0 Å². The minimum Gasteiger partial charge on any atom is -0.481 e. The molecule has 0 bridgehead atoms. The van der Waals surface area contributed by atoms with E-state index in [1.807, 2.05) is 12.1 Å². The molecule has 0 fully saturated rings. The molecule has 0 aliphatic carbocycles. The van der Waals surface area contributed by atoms with Gasteiger partial charge in [-0.25, -0.2) is 0 Å². The Morgan fingerprint density at radius 3 is 2.50 bits per heavy atom. The van der Waals surface area contributed by atoms with Crippen LogP contribution in [-0.2, 0) is 20.3 Å². The first-order chi connectivity index (χ1) is 14.1. The smallest absolute Gasteiger partial charge is 0.303 e. The molecular formula is C23H30NO5S+. The zero-order valence-corrected chi connectivity index (χ0v) is 18.4. The van der Waals surface area contributed by atoms with Gasteiger partial charge in [-0.3, -0.25) is 9.35 Å². The highest BCUT2D eigenvalue weighted by Crippen LogP contribution is 2.46. The van der Waals surface area contributed by atoms with E-state index in [9.17, 15) is 13.2 Å². The van der Waals surface area contributed by atoms with Gasteiger partial charge in [0, 0.05) is 31.4 Å². The highest BCUT2D eigenvalue weighted by atomic mass is 32.2. The molecule has 0 saturated carbocycles. The van der Waals surface area contributed by atoms with Gasteiger partial charge >= 0.3 is 5.97 Å². The summed E-state index contributed by atoms with van der Waals surface area (Å²) in [5.74, 6) is -1.02. The number of carboxylic acids is 1. The maximum Gasteiger partial charge on any atom is 0.303 e. The molecule has 3 rings (SSSR count). The number of hydrogen-bond donors (Lipinski definition) is 2. The van der Waals surface area contributed by atoms with Crippen molar-refractivity contribution in [2.75, 3.05) is 12.3 Å². The van der Waals surface area contributed by atoms with E-state index in [4.69, 9.17) is 9.66 Å². The Hall–Kier alpha value is -2.25. The van der Waals surface area contributed by atoms with E-state index in [1.54, 1.807) is 0 Å². The maximum atomic E-state index is 11.2. The number of carboxylic acid groups (broad SMARTS) is 1. The average molecular weight is 433 g/mol.